The van der Waals surface area contributed by atoms with Gasteiger partial charge in [0.2, 0.25) is 5.91 Å². The Labute approximate surface area is 165 Å². The van der Waals surface area contributed by atoms with Crippen LogP contribution in [-0.4, -0.2) is 54.6 Å². The Balaban J connectivity index is 1.53. The van der Waals surface area contributed by atoms with Crippen molar-refractivity contribution in [1.29, 1.82) is 0 Å². The van der Waals surface area contributed by atoms with Crippen LogP contribution in [0.1, 0.15) is 24.8 Å². The molecule has 2 aromatic rings. The van der Waals surface area contributed by atoms with Crippen LogP contribution in [0.3, 0.4) is 0 Å². The monoisotopic (exact) mass is 382 g/mol. The van der Waals surface area contributed by atoms with Crippen LogP contribution in [0.25, 0.3) is 0 Å². The predicted octanol–water partition coefficient (Wildman–Crippen LogP) is 2.51. The topological polar surface area (TPSA) is 67.8 Å². The van der Waals surface area contributed by atoms with E-state index in [4.69, 9.17) is 9.47 Å². The highest BCUT2D eigenvalue weighted by molar-refractivity contribution is 5.85. The molecule has 1 atom stereocenters. The van der Waals surface area contributed by atoms with E-state index in [-0.39, 0.29) is 11.3 Å². The molecule has 0 aliphatic carbocycles. The van der Waals surface area contributed by atoms with Crippen molar-refractivity contribution in [3.63, 3.8) is 0 Å². The second-order valence-corrected chi connectivity index (χ2v) is 7.50. The molecule has 2 aliphatic heterocycles. The van der Waals surface area contributed by atoms with Gasteiger partial charge in [0.05, 0.1) is 25.8 Å². The van der Waals surface area contributed by atoms with Gasteiger partial charge < -0.3 is 19.3 Å². The minimum Gasteiger partial charge on any atom is -0.493 e. The molecule has 0 bridgehead atoms. The lowest BCUT2D eigenvalue weighted by Crippen LogP contribution is -2.49. The van der Waals surface area contributed by atoms with Gasteiger partial charge in [0.25, 0.3) is 0 Å². The second kappa shape index (κ2) is 7.66. The minimum atomic E-state index is -0.331. The van der Waals surface area contributed by atoms with Crippen molar-refractivity contribution in [3.05, 3.63) is 42.4 Å². The number of hydrogen-bond acceptors (Lipinski definition) is 6. The number of para-hydroxylation sites is 1. The number of amides is 1. The molecule has 0 saturated carbocycles. The Morgan fingerprint density at radius 1 is 1.14 bits per heavy atom. The molecule has 7 nitrogen and oxygen atoms in total. The molecule has 1 spiro atoms. The van der Waals surface area contributed by atoms with Gasteiger partial charge in [-0.05, 0) is 25.3 Å². The zero-order chi connectivity index (χ0) is 19.6. The first-order valence-corrected chi connectivity index (χ1v) is 9.67. The van der Waals surface area contributed by atoms with Crippen LogP contribution >= 0.6 is 0 Å². The lowest BCUT2D eigenvalue weighted by molar-refractivity contribution is -0.145. The van der Waals surface area contributed by atoms with E-state index >= 15 is 0 Å². The Morgan fingerprint density at radius 2 is 2.04 bits per heavy atom. The number of likely N-dealkylation sites (tertiary alicyclic amines) is 1. The van der Waals surface area contributed by atoms with Crippen LogP contribution in [-0.2, 0) is 11.3 Å². The smallest absolute Gasteiger partial charge is 0.230 e. The maximum Gasteiger partial charge on any atom is 0.230 e. The van der Waals surface area contributed by atoms with Gasteiger partial charge >= 0.3 is 0 Å². The lowest BCUT2D eigenvalue weighted by atomic mass is 9.78. The molecule has 1 aromatic carbocycles. The van der Waals surface area contributed by atoms with Crippen LogP contribution in [0.5, 0.6) is 11.5 Å². The van der Waals surface area contributed by atoms with E-state index in [1.165, 1.54) is 0 Å². The van der Waals surface area contributed by atoms with Crippen molar-refractivity contribution in [3.8, 4) is 11.5 Å². The van der Waals surface area contributed by atoms with E-state index in [9.17, 15) is 4.79 Å². The molecular formula is C21H26N4O3. The van der Waals surface area contributed by atoms with E-state index in [1.807, 2.05) is 23.1 Å². The number of carbonyl (C=O) groups is 1. The summed E-state index contributed by atoms with van der Waals surface area (Å²) < 4.78 is 11.0. The van der Waals surface area contributed by atoms with Gasteiger partial charge in [-0.15, -0.1) is 0 Å². The Kier molecular flexibility index (Phi) is 5.07. The predicted molar refractivity (Wildman–Crippen MR) is 105 cm³/mol. The summed E-state index contributed by atoms with van der Waals surface area (Å²) in [6.45, 7) is 2.84. The molecule has 28 heavy (non-hydrogen) atoms. The molecule has 7 heteroatoms. The largest absolute Gasteiger partial charge is 0.493 e. The van der Waals surface area contributed by atoms with Crippen LogP contribution < -0.4 is 14.4 Å². The molecular weight excluding hydrogens is 356 g/mol. The molecule has 2 fully saturated rings. The fourth-order valence-corrected chi connectivity index (χ4v) is 4.49. The number of methoxy groups -OCH3 is 2. The van der Waals surface area contributed by atoms with Gasteiger partial charge in [0.15, 0.2) is 11.5 Å². The van der Waals surface area contributed by atoms with Crippen LogP contribution in [0.4, 0.5) is 5.82 Å². The minimum absolute atomic E-state index is 0.231. The van der Waals surface area contributed by atoms with E-state index in [0.717, 1.165) is 43.7 Å². The van der Waals surface area contributed by atoms with Crippen molar-refractivity contribution in [2.45, 2.75) is 25.8 Å². The number of benzene rings is 1. The first kappa shape index (κ1) is 18.5. The number of piperidine rings is 1. The average molecular weight is 382 g/mol. The number of carbonyl (C=O) groups excluding carboxylic acids is 1. The number of hydrogen-bond donors (Lipinski definition) is 0. The lowest BCUT2D eigenvalue weighted by Gasteiger charge is -2.39. The van der Waals surface area contributed by atoms with E-state index in [0.29, 0.717) is 24.6 Å². The standard InChI is InChI=1S/C21H26N4O3/c1-27-17-6-3-5-16(19(17)28-2)14-24-11-4-7-21(20(24)26)8-12-25(15-21)18-13-22-9-10-23-18/h3,5-6,9-10,13H,4,7-8,11-12,14-15H2,1-2H3/t21-/m1/s1. The SMILES string of the molecule is COc1cccc(CN2CCC[C@]3(CCN(c4cnccn4)C3)C2=O)c1OC. The number of rotatable bonds is 5. The Bertz CT molecular complexity index is 845. The van der Waals surface area contributed by atoms with Gasteiger partial charge in [-0.1, -0.05) is 12.1 Å². The van der Waals surface area contributed by atoms with Crippen molar-refractivity contribution in [1.82, 2.24) is 14.9 Å². The second-order valence-electron chi connectivity index (χ2n) is 7.50. The first-order valence-electron chi connectivity index (χ1n) is 9.67. The quantitative estimate of drug-likeness (QED) is 0.792. The van der Waals surface area contributed by atoms with Crippen LogP contribution in [0.15, 0.2) is 36.8 Å². The number of aromatic nitrogens is 2. The molecule has 1 aromatic heterocycles. The van der Waals surface area contributed by atoms with E-state index in [2.05, 4.69) is 14.9 Å². The molecule has 4 rings (SSSR count). The van der Waals surface area contributed by atoms with Crippen LogP contribution in [0, 0.1) is 5.41 Å². The molecule has 3 heterocycles. The highest BCUT2D eigenvalue weighted by Gasteiger charge is 2.48. The van der Waals surface area contributed by atoms with E-state index < -0.39 is 0 Å². The summed E-state index contributed by atoms with van der Waals surface area (Å²) in [5.41, 5.74) is 0.637. The Morgan fingerprint density at radius 3 is 2.79 bits per heavy atom. The van der Waals surface area contributed by atoms with Gasteiger partial charge in [-0.2, -0.15) is 0 Å². The van der Waals surface area contributed by atoms with Gasteiger partial charge in [-0.25, -0.2) is 4.98 Å². The maximum absolute atomic E-state index is 13.5. The molecule has 0 radical (unpaired) electrons. The van der Waals surface area contributed by atoms with Crippen molar-refractivity contribution >= 4 is 11.7 Å². The van der Waals surface area contributed by atoms with Crippen molar-refractivity contribution < 1.29 is 14.3 Å². The number of anilines is 1. The number of nitrogens with zero attached hydrogens (tertiary/aromatic N) is 4. The summed E-state index contributed by atoms with van der Waals surface area (Å²) in [7, 11) is 3.26. The van der Waals surface area contributed by atoms with Crippen LogP contribution in [0.2, 0.25) is 0 Å². The highest BCUT2D eigenvalue weighted by atomic mass is 16.5. The van der Waals surface area contributed by atoms with Gasteiger partial charge in [0.1, 0.15) is 5.82 Å². The van der Waals surface area contributed by atoms with Gasteiger partial charge in [-0.3, -0.25) is 9.78 Å². The van der Waals surface area contributed by atoms with Gasteiger partial charge in [0, 0.05) is 44.1 Å². The summed E-state index contributed by atoms with van der Waals surface area (Å²) in [6.07, 6.45) is 7.93. The fourth-order valence-electron chi connectivity index (χ4n) is 4.49. The summed E-state index contributed by atoms with van der Waals surface area (Å²) in [5.74, 6) is 2.47. The average Bonchev–Trinajstić information content (AvgIpc) is 3.17. The highest BCUT2D eigenvalue weighted by Crippen LogP contribution is 2.42. The summed E-state index contributed by atoms with van der Waals surface area (Å²) in [5, 5.41) is 0. The summed E-state index contributed by atoms with van der Waals surface area (Å²) in [4.78, 5) is 26.2. The van der Waals surface area contributed by atoms with E-state index in [1.54, 1.807) is 32.8 Å². The maximum atomic E-state index is 13.5. The van der Waals surface area contributed by atoms with Crippen molar-refractivity contribution in [2.24, 2.45) is 5.41 Å². The Hall–Kier alpha value is -2.83. The summed E-state index contributed by atoms with van der Waals surface area (Å²) in [6, 6.07) is 5.81. The zero-order valence-electron chi connectivity index (χ0n) is 16.4. The third-order valence-corrected chi connectivity index (χ3v) is 5.90. The third-order valence-electron chi connectivity index (χ3n) is 5.90. The normalized spacial score (nSPS) is 22.0. The number of ether oxygens (including phenoxy) is 2. The molecule has 2 saturated heterocycles. The first-order chi connectivity index (χ1) is 13.7. The molecule has 0 N–H and O–H groups in total. The zero-order valence-corrected chi connectivity index (χ0v) is 16.4. The fraction of sp³-hybridized carbons (Fsp3) is 0.476. The molecule has 148 valence electrons. The molecule has 0 unspecified atom stereocenters. The molecule has 1 amide bonds. The third kappa shape index (κ3) is 3.25. The summed E-state index contributed by atoms with van der Waals surface area (Å²) >= 11 is 0. The molecule has 2 aliphatic rings. The van der Waals surface area contributed by atoms with Crippen molar-refractivity contribution in [2.75, 3.05) is 38.8 Å².